The predicted molar refractivity (Wildman–Crippen MR) is 103 cm³/mol. The second-order valence-electron chi connectivity index (χ2n) is 6.54. The molecule has 0 radical (unpaired) electrons. The molecule has 6 heteroatoms. The van der Waals surface area contributed by atoms with Crippen LogP contribution in [-0.4, -0.2) is 27.7 Å². The van der Waals surface area contributed by atoms with Crippen molar-refractivity contribution in [2.45, 2.75) is 18.9 Å². The summed E-state index contributed by atoms with van der Waals surface area (Å²) >= 11 is 9.07. The van der Waals surface area contributed by atoms with Crippen LogP contribution in [0.15, 0.2) is 51.7 Å². The molecule has 0 spiro atoms. The van der Waals surface area contributed by atoms with E-state index < -0.39 is 0 Å². The van der Waals surface area contributed by atoms with Gasteiger partial charge in [0.05, 0.1) is 0 Å². The summed E-state index contributed by atoms with van der Waals surface area (Å²) in [6.07, 6.45) is 1.14. The summed E-state index contributed by atoms with van der Waals surface area (Å²) in [6, 6.07) is 13.6. The third-order valence-corrected chi connectivity index (χ3v) is 5.75. The van der Waals surface area contributed by atoms with Crippen molar-refractivity contribution in [2.24, 2.45) is 5.92 Å². The van der Waals surface area contributed by atoms with Crippen LogP contribution < -0.4 is 10.9 Å². The lowest BCUT2D eigenvalue weighted by atomic mass is 9.83. The Balaban J connectivity index is 1.52. The molecule has 2 aliphatic heterocycles. The Kier molecular flexibility index (Phi) is 4.18. The first-order valence-electron chi connectivity index (χ1n) is 8.11. The van der Waals surface area contributed by atoms with Crippen molar-refractivity contribution in [3.63, 3.8) is 0 Å². The van der Waals surface area contributed by atoms with E-state index in [-0.39, 0.29) is 5.56 Å². The van der Waals surface area contributed by atoms with Gasteiger partial charge in [-0.05, 0) is 54.9 Å². The van der Waals surface area contributed by atoms with Crippen LogP contribution in [0.5, 0.6) is 0 Å². The van der Waals surface area contributed by atoms with Crippen molar-refractivity contribution in [1.82, 2.24) is 9.47 Å². The molecule has 2 bridgehead atoms. The summed E-state index contributed by atoms with van der Waals surface area (Å²) in [6.45, 7) is 2.56. The molecule has 2 atom stereocenters. The first-order chi connectivity index (χ1) is 11.6. The molecule has 1 fully saturated rings. The van der Waals surface area contributed by atoms with Gasteiger partial charge in [-0.2, -0.15) is 0 Å². The van der Waals surface area contributed by atoms with E-state index in [0.29, 0.717) is 11.8 Å². The molecule has 0 amide bonds. The van der Waals surface area contributed by atoms with Gasteiger partial charge in [0.2, 0.25) is 0 Å². The number of nitrogens with zero attached hydrogens (tertiary/aromatic N) is 2. The van der Waals surface area contributed by atoms with Gasteiger partial charge in [-0.15, -0.1) is 0 Å². The van der Waals surface area contributed by atoms with Crippen LogP contribution in [0, 0.1) is 5.92 Å². The Bertz CT molecular complexity index is 833. The molecule has 1 aromatic heterocycles. The molecule has 1 N–H and O–H groups in total. The quantitative estimate of drug-likeness (QED) is 0.740. The van der Waals surface area contributed by atoms with Crippen molar-refractivity contribution in [1.29, 1.82) is 0 Å². The van der Waals surface area contributed by atoms with Crippen molar-refractivity contribution in [2.75, 3.05) is 18.4 Å². The minimum atomic E-state index is 0.117. The van der Waals surface area contributed by atoms with Crippen molar-refractivity contribution >= 4 is 38.9 Å². The van der Waals surface area contributed by atoms with Gasteiger partial charge in [0.25, 0.3) is 5.56 Å². The molecule has 1 saturated heterocycles. The van der Waals surface area contributed by atoms with Crippen LogP contribution in [0.2, 0.25) is 0 Å². The van der Waals surface area contributed by atoms with Crippen LogP contribution in [0.4, 0.5) is 5.69 Å². The van der Waals surface area contributed by atoms with Crippen LogP contribution in [-0.2, 0) is 6.54 Å². The van der Waals surface area contributed by atoms with Gasteiger partial charge in [-0.1, -0.05) is 22.0 Å². The lowest BCUT2D eigenvalue weighted by Gasteiger charge is -2.43. The number of likely N-dealkylation sites (tertiary alicyclic amines) is 1. The van der Waals surface area contributed by atoms with E-state index in [4.69, 9.17) is 12.2 Å². The second kappa shape index (κ2) is 6.33. The topological polar surface area (TPSA) is 37.3 Å². The van der Waals surface area contributed by atoms with Gasteiger partial charge < -0.3 is 14.8 Å². The molecule has 24 heavy (non-hydrogen) atoms. The molecule has 2 aromatic rings. The Morgan fingerprint density at radius 1 is 1.12 bits per heavy atom. The third-order valence-electron chi connectivity index (χ3n) is 4.86. The normalized spacial score (nSPS) is 22.0. The van der Waals surface area contributed by atoms with Gasteiger partial charge in [0, 0.05) is 47.5 Å². The van der Waals surface area contributed by atoms with E-state index in [0.717, 1.165) is 47.0 Å². The molecule has 0 saturated carbocycles. The monoisotopic (exact) mass is 403 g/mol. The highest BCUT2D eigenvalue weighted by Gasteiger charge is 2.35. The summed E-state index contributed by atoms with van der Waals surface area (Å²) < 4.78 is 3.00. The maximum atomic E-state index is 12.1. The summed E-state index contributed by atoms with van der Waals surface area (Å²) in [7, 11) is 0. The molecule has 4 rings (SSSR count). The van der Waals surface area contributed by atoms with Crippen LogP contribution in [0.3, 0.4) is 0 Å². The number of halogens is 1. The highest BCUT2D eigenvalue weighted by Crippen LogP contribution is 2.35. The van der Waals surface area contributed by atoms with E-state index in [1.165, 1.54) is 0 Å². The van der Waals surface area contributed by atoms with Gasteiger partial charge >= 0.3 is 0 Å². The number of nitrogens with one attached hydrogen (secondary N) is 1. The largest absolute Gasteiger partial charge is 0.348 e. The molecule has 3 heterocycles. The van der Waals surface area contributed by atoms with Gasteiger partial charge in [-0.25, -0.2) is 0 Å². The first-order valence-corrected chi connectivity index (χ1v) is 9.31. The molecule has 0 aliphatic carbocycles. The fourth-order valence-electron chi connectivity index (χ4n) is 3.80. The average molecular weight is 404 g/mol. The Morgan fingerprint density at radius 3 is 2.71 bits per heavy atom. The zero-order valence-corrected chi connectivity index (χ0v) is 15.5. The average Bonchev–Trinajstić information content (AvgIpc) is 2.58. The van der Waals surface area contributed by atoms with Crippen LogP contribution in [0.25, 0.3) is 0 Å². The fourth-order valence-corrected chi connectivity index (χ4v) is 4.33. The molecule has 124 valence electrons. The van der Waals surface area contributed by atoms with E-state index >= 15 is 0 Å². The molecule has 0 unspecified atom stereocenters. The smallest absolute Gasteiger partial charge is 0.250 e. The Morgan fingerprint density at radius 2 is 1.92 bits per heavy atom. The van der Waals surface area contributed by atoms with E-state index in [2.05, 4.69) is 32.2 Å². The van der Waals surface area contributed by atoms with Crippen molar-refractivity contribution in [3.05, 3.63) is 63.0 Å². The zero-order chi connectivity index (χ0) is 16.7. The predicted octanol–water partition coefficient (Wildman–Crippen LogP) is 3.43. The summed E-state index contributed by atoms with van der Waals surface area (Å²) in [4.78, 5) is 14.3. The van der Waals surface area contributed by atoms with Crippen molar-refractivity contribution in [3.8, 4) is 0 Å². The lowest BCUT2D eigenvalue weighted by Crippen LogP contribution is -2.50. The minimum absolute atomic E-state index is 0.117. The highest BCUT2D eigenvalue weighted by atomic mass is 79.9. The molecular weight excluding hydrogens is 386 g/mol. The van der Waals surface area contributed by atoms with Crippen LogP contribution in [0.1, 0.15) is 18.0 Å². The molecular formula is C18H18BrN3OS. The van der Waals surface area contributed by atoms with E-state index in [9.17, 15) is 4.79 Å². The number of aromatic nitrogens is 1. The number of pyridine rings is 1. The zero-order valence-electron chi connectivity index (χ0n) is 13.1. The number of hydrogen-bond acceptors (Lipinski definition) is 2. The molecule has 1 aromatic carbocycles. The maximum absolute atomic E-state index is 12.1. The van der Waals surface area contributed by atoms with Crippen molar-refractivity contribution < 1.29 is 0 Å². The number of hydrogen-bond donors (Lipinski definition) is 1. The fraction of sp³-hybridized carbons (Fsp3) is 0.333. The summed E-state index contributed by atoms with van der Waals surface area (Å²) in [5.41, 5.74) is 2.26. The standard InChI is InChI=1S/C18H18BrN3OS/c19-14-4-6-15(7-5-14)20-18(24)21-9-12-8-13(11-21)16-2-1-3-17(23)22(16)10-12/h1-7,12-13H,8-11H2,(H,20,24)/t12-,13-/m0/s1. The number of rotatable bonds is 1. The SMILES string of the molecule is O=c1cccc2n1C[C@H]1C[C@H]2CN(C(=S)Nc2ccc(Br)cc2)C1. The van der Waals surface area contributed by atoms with E-state index in [1.807, 2.05) is 34.9 Å². The third kappa shape index (κ3) is 3.00. The number of piperidine rings is 1. The highest BCUT2D eigenvalue weighted by molar-refractivity contribution is 9.10. The molecule has 2 aliphatic rings. The summed E-state index contributed by atoms with van der Waals surface area (Å²) in [5.74, 6) is 0.845. The minimum Gasteiger partial charge on any atom is -0.348 e. The van der Waals surface area contributed by atoms with Crippen LogP contribution >= 0.6 is 28.1 Å². The molecule has 4 nitrogen and oxygen atoms in total. The Labute approximate surface area is 154 Å². The number of thiocarbonyl (C=S) groups is 1. The van der Waals surface area contributed by atoms with Gasteiger partial charge in [0.1, 0.15) is 0 Å². The number of fused-ring (bicyclic) bond motifs is 4. The number of benzene rings is 1. The maximum Gasteiger partial charge on any atom is 0.250 e. The summed E-state index contributed by atoms with van der Waals surface area (Å²) in [5, 5.41) is 4.09. The first kappa shape index (κ1) is 15.8. The van der Waals surface area contributed by atoms with Gasteiger partial charge in [0.15, 0.2) is 5.11 Å². The number of anilines is 1. The Hall–Kier alpha value is -1.66. The van der Waals surface area contributed by atoms with E-state index in [1.54, 1.807) is 6.07 Å². The lowest BCUT2D eigenvalue weighted by molar-refractivity contribution is 0.180. The second-order valence-corrected chi connectivity index (χ2v) is 7.84. The van der Waals surface area contributed by atoms with Gasteiger partial charge in [-0.3, -0.25) is 4.79 Å².